The second kappa shape index (κ2) is 14.5. The standard InChI is InChI=1S/C59H37NO2/c61-58-54-15-4-3-13-51(54)53-19-8-17-49(57(53)58)42-28-34-45(35-29-42)60(46-36-30-43(31-37-46)50-18-9-20-55-52-14-5-6-21-56(52)62-59(50)55)44-32-26-39(27-33-44)38-22-24-41(25-23-38)48-16-7-11-40-10-1-2-12-47(40)48/h1-37H. The van der Waals surface area contributed by atoms with E-state index in [-0.39, 0.29) is 5.78 Å². The molecule has 0 radical (unpaired) electrons. The average molecular weight is 792 g/mol. The van der Waals surface area contributed by atoms with Gasteiger partial charge in [0.25, 0.3) is 0 Å². The van der Waals surface area contributed by atoms with Gasteiger partial charge >= 0.3 is 0 Å². The van der Waals surface area contributed by atoms with Crippen molar-refractivity contribution in [3.8, 4) is 55.6 Å². The van der Waals surface area contributed by atoms with E-state index < -0.39 is 0 Å². The Hall–Kier alpha value is -8.27. The van der Waals surface area contributed by atoms with Gasteiger partial charge in [-0.1, -0.05) is 182 Å². The number of furan rings is 1. The summed E-state index contributed by atoms with van der Waals surface area (Å²) >= 11 is 0. The lowest BCUT2D eigenvalue weighted by molar-refractivity contribution is 0.104. The molecule has 62 heavy (non-hydrogen) atoms. The Morgan fingerprint density at radius 2 is 0.742 bits per heavy atom. The lowest BCUT2D eigenvalue weighted by Crippen LogP contribution is -2.10. The first-order chi connectivity index (χ1) is 30.7. The second-order valence-electron chi connectivity index (χ2n) is 16.0. The highest BCUT2D eigenvalue weighted by Gasteiger charge is 2.29. The van der Waals surface area contributed by atoms with Crippen molar-refractivity contribution in [1.82, 2.24) is 0 Å². The predicted molar refractivity (Wildman–Crippen MR) is 257 cm³/mol. The molecule has 0 aliphatic heterocycles. The fourth-order valence-corrected chi connectivity index (χ4v) is 9.44. The summed E-state index contributed by atoms with van der Waals surface area (Å²) in [5.41, 5.74) is 17.2. The van der Waals surface area contributed by atoms with E-state index in [0.29, 0.717) is 0 Å². The topological polar surface area (TPSA) is 33.5 Å². The fraction of sp³-hybridized carbons (Fsp3) is 0. The van der Waals surface area contributed by atoms with E-state index in [1.165, 1.54) is 21.9 Å². The van der Waals surface area contributed by atoms with Crippen LogP contribution in [0.2, 0.25) is 0 Å². The number of nitrogens with zero attached hydrogens (tertiary/aromatic N) is 1. The van der Waals surface area contributed by atoms with Crippen LogP contribution in [0.15, 0.2) is 229 Å². The van der Waals surface area contributed by atoms with Crippen LogP contribution in [0.5, 0.6) is 0 Å². The molecule has 0 atom stereocenters. The Balaban J connectivity index is 0.910. The largest absolute Gasteiger partial charge is 0.455 e. The predicted octanol–water partition coefficient (Wildman–Crippen LogP) is 16.1. The minimum atomic E-state index is 0.0821. The molecule has 1 aromatic heterocycles. The van der Waals surface area contributed by atoms with Gasteiger partial charge in [-0.05, 0) is 103 Å². The van der Waals surface area contributed by atoms with E-state index in [0.717, 1.165) is 94.6 Å². The van der Waals surface area contributed by atoms with Crippen LogP contribution in [-0.2, 0) is 0 Å². The van der Waals surface area contributed by atoms with Gasteiger partial charge in [0.1, 0.15) is 11.2 Å². The van der Waals surface area contributed by atoms with Crippen LogP contribution < -0.4 is 4.90 Å². The summed E-state index contributed by atoms with van der Waals surface area (Å²) < 4.78 is 6.42. The molecule has 10 aromatic carbocycles. The van der Waals surface area contributed by atoms with Crippen molar-refractivity contribution < 1.29 is 9.21 Å². The van der Waals surface area contributed by atoms with E-state index >= 15 is 0 Å². The van der Waals surface area contributed by atoms with Gasteiger partial charge in [-0.2, -0.15) is 0 Å². The molecule has 0 N–H and O–H groups in total. The van der Waals surface area contributed by atoms with Crippen molar-refractivity contribution in [3.05, 3.63) is 236 Å². The highest BCUT2D eigenvalue weighted by molar-refractivity contribution is 6.24. The van der Waals surface area contributed by atoms with Crippen molar-refractivity contribution in [3.63, 3.8) is 0 Å². The SMILES string of the molecule is O=C1c2ccccc2-c2cccc(-c3ccc(N(c4ccc(-c5ccc(-c6cccc7ccccc67)cc5)cc4)c4ccc(-c5cccc6c5oc5ccccc56)cc4)cc3)c21. The first-order valence-electron chi connectivity index (χ1n) is 21.0. The van der Waals surface area contributed by atoms with Gasteiger partial charge in [-0.15, -0.1) is 0 Å². The van der Waals surface area contributed by atoms with Crippen molar-refractivity contribution in [2.45, 2.75) is 0 Å². The van der Waals surface area contributed by atoms with E-state index in [1.807, 2.05) is 36.4 Å². The summed E-state index contributed by atoms with van der Waals surface area (Å²) in [5.74, 6) is 0.0821. The summed E-state index contributed by atoms with van der Waals surface area (Å²) in [6, 6.07) is 78.7. The molecule has 0 amide bonds. The van der Waals surface area contributed by atoms with Crippen molar-refractivity contribution in [2.24, 2.45) is 0 Å². The molecule has 3 nitrogen and oxygen atoms in total. The molecule has 290 valence electrons. The maximum absolute atomic E-state index is 13.7. The Bertz CT molecular complexity index is 3500. The van der Waals surface area contributed by atoms with Crippen LogP contribution in [0.3, 0.4) is 0 Å². The zero-order chi connectivity index (χ0) is 41.1. The molecule has 12 rings (SSSR count). The lowest BCUT2D eigenvalue weighted by atomic mass is 9.95. The van der Waals surface area contributed by atoms with Gasteiger partial charge in [0.05, 0.1) is 0 Å². The first-order valence-corrected chi connectivity index (χ1v) is 21.0. The van der Waals surface area contributed by atoms with Crippen LogP contribution >= 0.6 is 0 Å². The molecular weight excluding hydrogens is 755 g/mol. The maximum atomic E-state index is 13.7. The van der Waals surface area contributed by atoms with E-state index in [1.54, 1.807) is 0 Å². The Morgan fingerprint density at radius 3 is 1.47 bits per heavy atom. The Labute approximate surface area is 359 Å². The highest BCUT2D eigenvalue weighted by Crippen LogP contribution is 2.44. The zero-order valence-corrected chi connectivity index (χ0v) is 33.6. The van der Waals surface area contributed by atoms with E-state index in [9.17, 15) is 4.79 Å². The average Bonchev–Trinajstić information content (AvgIpc) is 3.87. The van der Waals surface area contributed by atoms with Crippen LogP contribution in [0.25, 0.3) is 88.3 Å². The minimum Gasteiger partial charge on any atom is -0.455 e. The number of benzene rings is 10. The third-order valence-electron chi connectivity index (χ3n) is 12.5. The summed E-state index contributed by atoms with van der Waals surface area (Å²) in [6.07, 6.45) is 0. The molecule has 0 unspecified atom stereocenters. The Kier molecular flexibility index (Phi) is 8.32. The number of ketones is 1. The summed E-state index contributed by atoms with van der Waals surface area (Å²) in [7, 11) is 0. The minimum absolute atomic E-state index is 0.0821. The van der Waals surface area contributed by atoms with Crippen LogP contribution in [0, 0.1) is 0 Å². The number of carbonyl (C=O) groups is 1. The van der Waals surface area contributed by atoms with Gasteiger partial charge in [0.15, 0.2) is 5.78 Å². The molecule has 3 heteroatoms. The number of para-hydroxylation sites is 2. The first kappa shape index (κ1) is 35.7. The van der Waals surface area contributed by atoms with E-state index in [4.69, 9.17) is 4.42 Å². The highest BCUT2D eigenvalue weighted by atomic mass is 16.3. The molecule has 11 aromatic rings. The maximum Gasteiger partial charge on any atom is 0.194 e. The lowest BCUT2D eigenvalue weighted by Gasteiger charge is -2.26. The number of rotatable bonds is 7. The Morgan fingerprint density at radius 1 is 0.306 bits per heavy atom. The normalized spacial score (nSPS) is 11.9. The molecule has 0 saturated carbocycles. The molecule has 1 aliphatic rings. The van der Waals surface area contributed by atoms with Gasteiger partial charge in [-0.25, -0.2) is 0 Å². The molecule has 0 spiro atoms. The summed E-state index contributed by atoms with van der Waals surface area (Å²) in [4.78, 5) is 16.0. The quantitative estimate of drug-likeness (QED) is 0.161. The molecule has 0 bridgehead atoms. The smallest absolute Gasteiger partial charge is 0.194 e. The monoisotopic (exact) mass is 791 g/mol. The zero-order valence-electron chi connectivity index (χ0n) is 33.6. The molecule has 0 saturated heterocycles. The summed E-state index contributed by atoms with van der Waals surface area (Å²) in [5, 5.41) is 4.73. The van der Waals surface area contributed by atoms with Gasteiger partial charge in [-0.3, -0.25) is 4.79 Å². The number of hydrogen-bond acceptors (Lipinski definition) is 3. The van der Waals surface area contributed by atoms with Gasteiger partial charge in [0, 0.05) is 44.5 Å². The van der Waals surface area contributed by atoms with Crippen molar-refractivity contribution >= 4 is 55.6 Å². The van der Waals surface area contributed by atoms with Gasteiger partial charge in [0.2, 0.25) is 0 Å². The van der Waals surface area contributed by atoms with E-state index in [2.05, 4.69) is 193 Å². The number of fused-ring (bicyclic) bond motifs is 7. The molecule has 0 fully saturated rings. The van der Waals surface area contributed by atoms with Crippen molar-refractivity contribution in [2.75, 3.05) is 4.90 Å². The van der Waals surface area contributed by atoms with Crippen LogP contribution in [-0.4, -0.2) is 5.78 Å². The third kappa shape index (κ3) is 5.86. The molecule has 1 heterocycles. The molecular formula is C59H37NO2. The van der Waals surface area contributed by atoms with Gasteiger partial charge < -0.3 is 9.32 Å². The summed E-state index contributed by atoms with van der Waals surface area (Å²) in [6.45, 7) is 0. The number of anilines is 3. The number of hydrogen-bond donors (Lipinski definition) is 0. The van der Waals surface area contributed by atoms with Crippen LogP contribution in [0.4, 0.5) is 17.1 Å². The van der Waals surface area contributed by atoms with Crippen molar-refractivity contribution in [1.29, 1.82) is 0 Å². The van der Waals surface area contributed by atoms with Crippen LogP contribution in [0.1, 0.15) is 15.9 Å². The second-order valence-corrected chi connectivity index (χ2v) is 16.0. The fourth-order valence-electron chi connectivity index (χ4n) is 9.44. The third-order valence-corrected chi connectivity index (χ3v) is 12.5. The molecule has 1 aliphatic carbocycles. The number of carbonyl (C=O) groups excluding carboxylic acids is 1.